The molecule has 1 unspecified atom stereocenters. The summed E-state index contributed by atoms with van der Waals surface area (Å²) in [6.45, 7) is 3.40. The van der Waals surface area contributed by atoms with E-state index in [4.69, 9.17) is 9.47 Å². The van der Waals surface area contributed by atoms with E-state index in [1.54, 1.807) is 30.3 Å². The number of likely N-dealkylation sites (N-methyl/N-ethyl adjacent to an activating group) is 1. The zero-order chi connectivity index (χ0) is 15.0. The normalized spacial score (nSPS) is 25.3. The SMILES string of the molecule is CN1C(=O)C(C)(C(=O)N2CCOCC2)Oc2cccnc21. The smallest absolute Gasteiger partial charge is 0.281 e. The van der Waals surface area contributed by atoms with Crippen LogP contribution in [-0.2, 0) is 14.3 Å². The molecule has 3 rings (SSSR count). The van der Waals surface area contributed by atoms with E-state index in [2.05, 4.69) is 4.98 Å². The molecule has 0 saturated carbocycles. The van der Waals surface area contributed by atoms with Crippen LogP contribution in [0.5, 0.6) is 5.75 Å². The van der Waals surface area contributed by atoms with Gasteiger partial charge >= 0.3 is 0 Å². The summed E-state index contributed by atoms with van der Waals surface area (Å²) < 4.78 is 11.0. The largest absolute Gasteiger partial charge is 0.464 e. The highest BCUT2D eigenvalue weighted by Gasteiger charge is 2.52. The quantitative estimate of drug-likeness (QED) is 0.684. The van der Waals surface area contributed by atoms with E-state index < -0.39 is 11.5 Å². The third kappa shape index (κ3) is 2.13. The molecular formula is C14H17N3O4. The summed E-state index contributed by atoms with van der Waals surface area (Å²) in [5.74, 6) is 0.112. The first-order valence-electron chi connectivity index (χ1n) is 6.83. The molecule has 0 N–H and O–H groups in total. The zero-order valence-electron chi connectivity index (χ0n) is 12.0. The van der Waals surface area contributed by atoms with Gasteiger partial charge in [-0.15, -0.1) is 0 Å². The average molecular weight is 291 g/mol. The number of hydrogen-bond acceptors (Lipinski definition) is 5. The van der Waals surface area contributed by atoms with Gasteiger partial charge in [-0.2, -0.15) is 0 Å². The van der Waals surface area contributed by atoms with Crippen LogP contribution in [0.3, 0.4) is 0 Å². The summed E-state index contributed by atoms with van der Waals surface area (Å²) in [6.07, 6.45) is 1.58. The van der Waals surface area contributed by atoms with Gasteiger partial charge in [-0.3, -0.25) is 14.5 Å². The van der Waals surface area contributed by atoms with Crippen LogP contribution >= 0.6 is 0 Å². The van der Waals surface area contributed by atoms with Crippen LogP contribution in [0.15, 0.2) is 18.3 Å². The van der Waals surface area contributed by atoms with Gasteiger partial charge in [-0.25, -0.2) is 4.98 Å². The lowest BCUT2D eigenvalue weighted by Gasteiger charge is -2.40. The second-order valence-corrected chi connectivity index (χ2v) is 5.23. The Morgan fingerprint density at radius 1 is 1.38 bits per heavy atom. The van der Waals surface area contributed by atoms with E-state index in [9.17, 15) is 9.59 Å². The van der Waals surface area contributed by atoms with Gasteiger partial charge in [0.05, 0.1) is 13.2 Å². The van der Waals surface area contributed by atoms with Crippen molar-refractivity contribution in [1.82, 2.24) is 9.88 Å². The van der Waals surface area contributed by atoms with Gasteiger partial charge in [0.1, 0.15) is 0 Å². The topological polar surface area (TPSA) is 72.0 Å². The second kappa shape index (κ2) is 5.00. The van der Waals surface area contributed by atoms with Crippen molar-refractivity contribution in [2.75, 3.05) is 38.3 Å². The van der Waals surface area contributed by atoms with E-state index >= 15 is 0 Å². The number of anilines is 1. The van der Waals surface area contributed by atoms with E-state index in [0.717, 1.165) is 0 Å². The Labute approximate surface area is 122 Å². The molecule has 2 amide bonds. The van der Waals surface area contributed by atoms with Crippen molar-refractivity contribution in [1.29, 1.82) is 0 Å². The van der Waals surface area contributed by atoms with Crippen LogP contribution in [0.4, 0.5) is 5.82 Å². The minimum atomic E-state index is -1.55. The number of aromatic nitrogens is 1. The van der Waals surface area contributed by atoms with Crippen LogP contribution in [0, 0.1) is 0 Å². The molecule has 1 saturated heterocycles. The van der Waals surface area contributed by atoms with Crippen molar-refractivity contribution >= 4 is 17.6 Å². The molecule has 0 radical (unpaired) electrons. The van der Waals surface area contributed by atoms with Gasteiger partial charge in [0.15, 0.2) is 11.6 Å². The summed E-state index contributed by atoms with van der Waals surface area (Å²) in [4.78, 5) is 32.4. The van der Waals surface area contributed by atoms with E-state index in [1.165, 1.54) is 11.8 Å². The number of morpholine rings is 1. The number of carbonyl (C=O) groups is 2. The fourth-order valence-electron chi connectivity index (χ4n) is 2.60. The van der Waals surface area contributed by atoms with Crippen LogP contribution in [-0.4, -0.2) is 60.7 Å². The Hall–Kier alpha value is -2.15. The molecule has 2 aliphatic rings. The molecule has 0 bridgehead atoms. The Bertz CT molecular complexity index is 585. The van der Waals surface area contributed by atoms with Crippen LogP contribution < -0.4 is 9.64 Å². The molecule has 0 aliphatic carbocycles. The minimum Gasteiger partial charge on any atom is -0.464 e. The van der Waals surface area contributed by atoms with Gasteiger partial charge in [0, 0.05) is 26.3 Å². The third-order valence-corrected chi connectivity index (χ3v) is 3.80. The minimum absolute atomic E-state index is 0.336. The van der Waals surface area contributed by atoms with Crippen molar-refractivity contribution in [2.45, 2.75) is 12.5 Å². The van der Waals surface area contributed by atoms with Crippen LogP contribution in [0.1, 0.15) is 6.92 Å². The highest BCUT2D eigenvalue weighted by Crippen LogP contribution is 2.35. The molecule has 7 nitrogen and oxygen atoms in total. The number of nitrogens with zero attached hydrogens (tertiary/aromatic N) is 3. The number of hydrogen-bond donors (Lipinski definition) is 0. The molecule has 1 atom stereocenters. The van der Waals surface area contributed by atoms with Gasteiger partial charge in [0.2, 0.25) is 0 Å². The number of rotatable bonds is 1. The van der Waals surface area contributed by atoms with Gasteiger partial charge in [-0.05, 0) is 19.1 Å². The fourth-order valence-corrected chi connectivity index (χ4v) is 2.60. The van der Waals surface area contributed by atoms with Gasteiger partial charge in [-0.1, -0.05) is 0 Å². The molecule has 0 spiro atoms. The predicted octanol–water partition coefficient (Wildman–Crippen LogP) is 0.0543. The summed E-state index contributed by atoms with van der Waals surface area (Å²) in [7, 11) is 1.60. The molecule has 1 aromatic rings. The van der Waals surface area contributed by atoms with Crippen molar-refractivity contribution in [3.05, 3.63) is 18.3 Å². The van der Waals surface area contributed by atoms with Crippen molar-refractivity contribution in [2.24, 2.45) is 0 Å². The first kappa shape index (κ1) is 13.8. The maximum absolute atomic E-state index is 12.7. The van der Waals surface area contributed by atoms with Crippen molar-refractivity contribution in [3.63, 3.8) is 0 Å². The summed E-state index contributed by atoms with van der Waals surface area (Å²) >= 11 is 0. The van der Waals surface area contributed by atoms with E-state index in [-0.39, 0.29) is 5.91 Å². The van der Waals surface area contributed by atoms with Crippen molar-refractivity contribution in [3.8, 4) is 5.75 Å². The number of ether oxygens (including phenoxy) is 2. The molecule has 3 heterocycles. The number of pyridine rings is 1. The number of fused-ring (bicyclic) bond motifs is 1. The lowest BCUT2D eigenvalue weighted by molar-refractivity contribution is -0.158. The van der Waals surface area contributed by atoms with Gasteiger partial charge in [0.25, 0.3) is 17.4 Å². The Morgan fingerprint density at radius 2 is 2.10 bits per heavy atom. The Morgan fingerprint density at radius 3 is 2.81 bits per heavy atom. The molecule has 7 heteroatoms. The molecule has 112 valence electrons. The zero-order valence-corrected chi connectivity index (χ0v) is 12.0. The number of carbonyl (C=O) groups excluding carboxylic acids is 2. The highest BCUT2D eigenvalue weighted by molar-refractivity contribution is 6.15. The lowest BCUT2D eigenvalue weighted by atomic mass is 10.0. The van der Waals surface area contributed by atoms with Crippen LogP contribution in [0.25, 0.3) is 0 Å². The molecule has 1 fully saturated rings. The maximum Gasteiger partial charge on any atom is 0.281 e. The Kier molecular flexibility index (Phi) is 3.29. The summed E-state index contributed by atoms with van der Waals surface area (Å²) in [6, 6.07) is 3.41. The standard InChI is InChI=1S/C14H17N3O4/c1-14(13(19)17-6-8-20-9-7-17)12(18)16(2)11-10(21-14)4-3-5-15-11/h3-5H,6-9H2,1-2H3. The van der Waals surface area contributed by atoms with Gasteiger partial charge < -0.3 is 14.4 Å². The molecule has 2 aliphatic heterocycles. The molecular weight excluding hydrogens is 274 g/mol. The Balaban J connectivity index is 1.94. The highest BCUT2D eigenvalue weighted by atomic mass is 16.5. The molecule has 1 aromatic heterocycles. The average Bonchev–Trinajstić information content (AvgIpc) is 2.53. The first-order valence-corrected chi connectivity index (χ1v) is 6.83. The van der Waals surface area contributed by atoms with E-state index in [0.29, 0.717) is 37.9 Å². The maximum atomic E-state index is 12.7. The van der Waals surface area contributed by atoms with Crippen molar-refractivity contribution < 1.29 is 19.1 Å². The lowest BCUT2D eigenvalue weighted by Crippen LogP contribution is -2.63. The van der Waals surface area contributed by atoms with Crippen LogP contribution in [0.2, 0.25) is 0 Å². The predicted molar refractivity (Wildman–Crippen MR) is 74.1 cm³/mol. The monoisotopic (exact) mass is 291 g/mol. The summed E-state index contributed by atoms with van der Waals surface area (Å²) in [5, 5.41) is 0. The summed E-state index contributed by atoms with van der Waals surface area (Å²) in [5.41, 5.74) is -1.55. The fraction of sp³-hybridized carbons (Fsp3) is 0.500. The van der Waals surface area contributed by atoms with E-state index in [1.807, 2.05) is 0 Å². The molecule has 21 heavy (non-hydrogen) atoms. The number of amides is 2. The first-order chi connectivity index (χ1) is 10.0. The molecule has 0 aromatic carbocycles. The second-order valence-electron chi connectivity index (χ2n) is 5.23. The third-order valence-electron chi connectivity index (χ3n) is 3.80.